The lowest BCUT2D eigenvalue weighted by Crippen LogP contribution is -2.35. The van der Waals surface area contributed by atoms with Crippen molar-refractivity contribution >= 4 is 16.3 Å². The normalized spacial score (nSPS) is 13.4. The van der Waals surface area contributed by atoms with E-state index in [-0.39, 0.29) is 12.6 Å². The molecule has 2 heterocycles. The molecule has 0 aliphatic carbocycles. The maximum absolute atomic E-state index is 9.07. The van der Waals surface area contributed by atoms with E-state index >= 15 is 0 Å². The summed E-state index contributed by atoms with van der Waals surface area (Å²) in [7, 11) is 1.62. The number of rotatable bonds is 6. The summed E-state index contributed by atoms with van der Waals surface area (Å²) in [4.78, 5) is 5.43. The van der Waals surface area contributed by atoms with Gasteiger partial charge in [0.05, 0.1) is 24.9 Å². The van der Waals surface area contributed by atoms with Crippen LogP contribution in [0.25, 0.3) is 4.96 Å². The quantitative estimate of drug-likeness (QED) is 0.773. The highest BCUT2D eigenvalue weighted by Gasteiger charge is 2.08. The first-order valence-electron chi connectivity index (χ1n) is 5.07. The number of nitrogens with zero attached hydrogens (tertiary/aromatic N) is 2. The van der Waals surface area contributed by atoms with Gasteiger partial charge in [-0.25, -0.2) is 4.98 Å². The molecule has 0 fully saturated rings. The van der Waals surface area contributed by atoms with Crippen LogP contribution in [-0.2, 0) is 11.3 Å². The van der Waals surface area contributed by atoms with Crippen molar-refractivity contribution in [1.29, 1.82) is 0 Å². The molecular formula is C10H15N3O2S. The predicted molar refractivity (Wildman–Crippen MR) is 62.7 cm³/mol. The second kappa shape index (κ2) is 5.40. The van der Waals surface area contributed by atoms with Crippen LogP contribution >= 0.6 is 11.3 Å². The Hall–Kier alpha value is -0.950. The Kier molecular flexibility index (Phi) is 3.89. The number of ether oxygens (including phenoxy) is 1. The smallest absolute Gasteiger partial charge is 0.193 e. The summed E-state index contributed by atoms with van der Waals surface area (Å²) < 4.78 is 6.97. The highest BCUT2D eigenvalue weighted by molar-refractivity contribution is 7.15. The summed E-state index contributed by atoms with van der Waals surface area (Å²) in [6.45, 7) is 1.21. The van der Waals surface area contributed by atoms with Crippen LogP contribution in [0.2, 0.25) is 0 Å². The van der Waals surface area contributed by atoms with E-state index in [2.05, 4.69) is 10.3 Å². The minimum Gasteiger partial charge on any atom is -0.395 e. The predicted octanol–water partition coefficient (Wildman–Crippen LogP) is 0.493. The largest absolute Gasteiger partial charge is 0.395 e. The van der Waals surface area contributed by atoms with Gasteiger partial charge in [0.2, 0.25) is 0 Å². The van der Waals surface area contributed by atoms with Crippen molar-refractivity contribution in [2.45, 2.75) is 12.6 Å². The molecule has 0 bridgehead atoms. The zero-order valence-electron chi connectivity index (χ0n) is 9.09. The fraction of sp³-hybridized carbons (Fsp3) is 0.500. The fourth-order valence-corrected chi connectivity index (χ4v) is 2.21. The third-order valence-corrected chi connectivity index (χ3v) is 3.07. The van der Waals surface area contributed by atoms with E-state index in [4.69, 9.17) is 9.84 Å². The standard InChI is InChI=1S/C10H15N3O2S/c1-15-7-9(6-14)11-4-8-5-13-2-3-16-10(13)12-8/h2-3,5,9,11,14H,4,6-7H2,1H3. The van der Waals surface area contributed by atoms with E-state index in [0.717, 1.165) is 10.7 Å². The number of hydrogen-bond donors (Lipinski definition) is 2. The number of methoxy groups -OCH3 is 1. The second-order valence-corrected chi connectivity index (χ2v) is 4.41. The lowest BCUT2D eigenvalue weighted by Gasteiger charge is -2.13. The van der Waals surface area contributed by atoms with Crippen LogP contribution < -0.4 is 5.32 Å². The van der Waals surface area contributed by atoms with Crippen molar-refractivity contribution in [3.63, 3.8) is 0 Å². The highest BCUT2D eigenvalue weighted by atomic mass is 32.1. The Balaban J connectivity index is 1.92. The minimum atomic E-state index is -0.0373. The first kappa shape index (κ1) is 11.5. The molecule has 0 aliphatic rings. The number of aliphatic hydroxyl groups is 1. The van der Waals surface area contributed by atoms with Crippen LogP contribution in [0.3, 0.4) is 0 Å². The summed E-state index contributed by atoms with van der Waals surface area (Å²) in [6.07, 6.45) is 3.97. The van der Waals surface area contributed by atoms with Crippen LogP contribution in [0.5, 0.6) is 0 Å². The topological polar surface area (TPSA) is 58.8 Å². The van der Waals surface area contributed by atoms with E-state index in [1.165, 1.54) is 0 Å². The Morgan fingerprint density at radius 3 is 3.25 bits per heavy atom. The fourth-order valence-electron chi connectivity index (χ4n) is 1.49. The van der Waals surface area contributed by atoms with Crippen LogP contribution in [0.15, 0.2) is 17.8 Å². The van der Waals surface area contributed by atoms with Gasteiger partial charge in [-0.05, 0) is 0 Å². The third kappa shape index (κ3) is 2.59. The zero-order valence-corrected chi connectivity index (χ0v) is 9.91. The van der Waals surface area contributed by atoms with E-state index < -0.39 is 0 Å². The van der Waals surface area contributed by atoms with E-state index in [1.54, 1.807) is 18.4 Å². The molecule has 2 aromatic heterocycles. The molecule has 5 nitrogen and oxygen atoms in total. The van der Waals surface area contributed by atoms with Crippen LogP contribution in [0.1, 0.15) is 5.69 Å². The molecule has 0 saturated carbocycles. The van der Waals surface area contributed by atoms with Gasteiger partial charge < -0.3 is 15.2 Å². The maximum Gasteiger partial charge on any atom is 0.193 e. The molecular weight excluding hydrogens is 226 g/mol. The van der Waals surface area contributed by atoms with E-state index in [9.17, 15) is 0 Å². The van der Waals surface area contributed by atoms with Gasteiger partial charge >= 0.3 is 0 Å². The monoisotopic (exact) mass is 241 g/mol. The number of aromatic nitrogens is 2. The van der Waals surface area contributed by atoms with Crippen molar-refractivity contribution in [2.24, 2.45) is 0 Å². The van der Waals surface area contributed by atoms with Gasteiger partial charge in [0.25, 0.3) is 0 Å². The van der Waals surface area contributed by atoms with Crippen LogP contribution in [-0.4, -0.2) is 40.9 Å². The molecule has 0 radical (unpaired) electrons. The van der Waals surface area contributed by atoms with Gasteiger partial charge in [-0.3, -0.25) is 4.40 Å². The Labute approximate surface area is 97.7 Å². The van der Waals surface area contributed by atoms with Crippen molar-refractivity contribution in [2.75, 3.05) is 20.3 Å². The van der Waals surface area contributed by atoms with Crippen molar-refractivity contribution in [3.05, 3.63) is 23.5 Å². The summed E-state index contributed by atoms with van der Waals surface area (Å²) in [5.41, 5.74) is 0.974. The number of hydrogen-bond acceptors (Lipinski definition) is 5. The Bertz CT molecular complexity index is 411. The van der Waals surface area contributed by atoms with Crippen LogP contribution in [0, 0.1) is 0 Å². The molecule has 2 aromatic rings. The van der Waals surface area contributed by atoms with Gasteiger partial charge in [0, 0.05) is 31.4 Å². The number of nitrogens with one attached hydrogen (secondary N) is 1. The number of imidazole rings is 1. The second-order valence-electron chi connectivity index (χ2n) is 3.54. The molecule has 0 saturated heterocycles. The third-order valence-electron chi connectivity index (χ3n) is 2.30. The summed E-state index contributed by atoms with van der Waals surface area (Å²) in [5, 5.41) is 14.3. The van der Waals surface area contributed by atoms with Gasteiger partial charge in [-0.2, -0.15) is 0 Å². The van der Waals surface area contributed by atoms with Crippen molar-refractivity contribution in [3.8, 4) is 0 Å². The molecule has 88 valence electrons. The van der Waals surface area contributed by atoms with Gasteiger partial charge in [0.1, 0.15) is 0 Å². The molecule has 2 rings (SSSR count). The molecule has 0 spiro atoms. The average Bonchev–Trinajstić information content (AvgIpc) is 2.84. The molecule has 6 heteroatoms. The number of aliphatic hydroxyl groups excluding tert-OH is 1. The molecule has 1 atom stereocenters. The first-order chi connectivity index (χ1) is 7.83. The first-order valence-corrected chi connectivity index (χ1v) is 5.95. The molecule has 16 heavy (non-hydrogen) atoms. The Morgan fingerprint density at radius 2 is 2.56 bits per heavy atom. The summed E-state index contributed by atoms with van der Waals surface area (Å²) >= 11 is 1.61. The Morgan fingerprint density at radius 1 is 1.69 bits per heavy atom. The summed E-state index contributed by atoms with van der Waals surface area (Å²) in [5.74, 6) is 0. The lowest BCUT2D eigenvalue weighted by molar-refractivity contribution is 0.128. The average molecular weight is 241 g/mol. The maximum atomic E-state index is 9.07. The van der Waals surface area contributed by atoms with Gasteiger partial charge in [0.15, 0.2) is 4.96 Å². The number of fused-ring (bicyclic) bond motifs is 1. The van der Waals surface area contributed by atoms with Crippen LogP contribution in [0.4, 0.5) is 0 Å². The van der Waals surface area contributed by atoms with E-state index in [0.29, 0.717) is 13.2 Å². The van der Waals surface area contributed by atoms with E-state index in [1.807, 2.05) is 22.2 Å². The lowest BCUT2D eigenvalue weighted by atomic mass is 10.3. The minimum absolute atomic E-state index is 0.0373. The van der Waals surface area contributed by atoms with Crippen molar-refractivity contribution < 1.29 is 9.84 Å². The van der Waals surface area contributed by atoms with Gasteiger partial charge in [-0.15, -0.1) is 11.3 Å². The molecule has 0 aromatic carbocycles. The SMILES string of the molecule is COCC(CO)NCc1cn2ccsc2n1. The molecule has 0 aliphatic heterocycles. The van der Waals surface area contributed by atoms with Crippen molar-refractivity contribution in [1.82, 2.24) is 14.7 Å². The molecule has 2 N–H and O–H groups in total. The number of thiazole rings is 1. The zero-order chi connectivity index (χ0) is 11.4. The highest BCUT2D eigenvalue weighted by Crippen LogP contribution is 2.11. The molecule has 0 amide bonds. The summed E-state index contributed by atoms with van der Waals surface area (Å²) in [6, 6.07) is -0.0373. The van der Waals surface area contributed by atoms with Gasteiger partial charge in [-0.1, -0.05) is 0 Å². The molecule has 1 unspecified atom stereocenters.